The zero-order valence-electron chi connectivity index (χ0n) is 3.37. The molecule has 0 unspecified atom stereocenters. The first-order valence-electron chi connectivity index (χ1n) is 0. The SMILES string of the molecule is [Al+3].[Na+].[OH-].[OH-].[OH-].[OH-]. The Labute approximate surface area is 68.6 Å². The molecule has 32 valence electrons. The molecule has 0 spiro atoms. The molecule has 0 bridgehead atoms. The fourth-order valence-corrected chi connectivity index (χ4v) is 0. The molecule has 0 aromatic carbocycles. The second-order valence-electron chi connectivity index (χ2n) is 0. The predicted octanol–water partition coefficient (Wildman–Crippen LogP) is -4.08. The van der Waals surface area contributed by atoms with Crippen LogP contribution in [-0.4, -0.2) is 39.3 Å². The molecule has 0 fully saturated rings. The van der Waals surface area contributed by atoms with Gasteiger partial charge in [-0.25, -0.2) is 0 Å². The van der Waals surface area contributed by atoms with Gasteiger partial charge in [-0.3, -0.25) is 0 Å². The Balaban J connectivity index is 0. The molecule has 0 aliphatic carbocycles. The van der Waals surface area contributed by atoms with Crippen molar-refractivity contribution < 1.29 is 51.5 Å². The van der Waals surface area contributed by atoms with E-state index in [0.29, 0.717) is 0 Å². The summed E-state index contributed by atoms with van der Waals surface area (Å²) >= 11 is 0. The average molecular weight is 118 g/mol. The molecule has 0 heterocycles. The van der Waals surface area contributed by atoms with Gasteiger partial charge in [-0.1, -0.05) is 0 Å². The summed E-state index contributed by atoms with van der Waals surface area (Å²) < 4.78 is 0. The van der Waals surface area contributed by atoms with Crippen LogP contribution in [0.3, 0.4) is 0 Å². The van der Waals surface area contributed by atoms with E-state index < -0.39 is 0 Å². The maximum atomic E-state index is 0. The summed E-state index contributed by atoms with van der Waals surface area (Å²) in [7, 11) is 0. The van der Waals surface area contributed by atoms with Gasteiger partial charge in [0.25, 0.3) is 0 Å². The first kappa shape index (κ1) is 159. The van der Waals surface area contributed by atoms with Crippen LogP contribution in [0.1, 0.15) is 0 Å². The van der Waals surface area contributed by atoms with E-state index in [0.717, 1.165) is 0 Å². The van der Waals surface area contributed by atoms with Crippen LogP contribution in [-0.2, 0) is 0 Å². The van der Waals surface area contributed by atoms with E-state index >= 15 is 0 Å². The second-order valence-corrected chi connectivity index (χ2v) is 0. The Morgan fingerprint density at radius 2 is 0.500 bits per heavy atom. The van der Waals surface area contributed by atoms with Crippen LogP contribution in [0.5, 0.6) is 0 Å². The van der Waals surface area contributed by atoms with Gasteiger partial charge in [-0.2, -0.15) is 0 Å². The minimum atomic E-state index is 0. The van der Waals surface area contributed by atoms with Crippen molar-refractivity contribution in [3.8, 4) is 0 Å². The van der Waals surface area contributed by atoms with Crippen molar-refractivity contribution >= 4 is 17.4 Å². The van der Waals surface area contributed by atoms with E-state index in [9.17, 15) is 0 Å². The Morgan fingerprint density at radius 3 is 0.500 bits per heavy atom. The van der Waals surface area contributed by atoms with Crippen LogP contribution in [0.4, 0.5) is 0 Å². The molecular formula is H4AlNaO4. The zero-order chi connectivity index (χ0) is 0. The van der Waals surface area contributed by atoms with Crippen molar-refractivity contribution in [1.29, 1.82) is 0 Å². The summed E-state index contributed by atoms with van der Waals surface area (Å²) in [5.74, 6) is 0. The number of rotatable bonds is 0. The van der Waals surface area contributed by atoms with Crippen LogP contribution in [0.25, 0.3) is 0 Å². The van der Waals surface area contributed by atoms with Gasteiger partial charge >= 0.3 is 46.9 Å². The van der Waals surface area contributed by atoms with Crippen molar-refractivity contribution in [3.05, 3.63) is 0 Å². The number of hydrogen-bond donors (Lipinski definition) is 0. The summed E-state index contributed by atoms with van der Waals surface area (Å²) in [5, 5.41) is 0. The van der Waals surface area contributed by atoms with Gasteiger partial charge in [-0.05, 0) is 0 Å². The molecule has 6 heavy (non-hydrogen) atoms. The van der Waals surface area contributed by atoms with Crippen LogP contribution in [0.2, 0.25) is 0 Å². The molecule has 0 saturated heterocycles. The molecule has 0 aliphatic heterocycles. The Bertz CT molecular complexity index is 7.51. The van der Waals surface area contributed by atoms with E-state index in [1.54, 1.807) is 0 Å². The quantitative estimate of drug-likeness (QED) is 0.300. The zero-order valence-corrected chi connectivity index (χ0v) is 6.52. The number of hydrogen-bond acceptors (Lipinski definition) is 4. The Kier molecular flexibility index (Phi) is 2590. The summed E-state index contributed by atoms with van der Waals surface area (Å²) in [6.45, 7) is 0. The minimum Gasteiger partial charge on any atom is -0.870 e. The van der Waals surface area contributed by atoms with Gasteiger partial charge in [0.15, 0.2) is 0 Å². The van der Waals surface area contributed by atoms with Crippen molar-refractivity contribution in [2.75, 3.05) is 0 Å². The van der Waals surface area contributed by atoms with E-state index in [4.69, 9.17) is 0 Å². The van der Waals surface area contributed by atoms with Crippen LogP contribution in [0, 0.1) is 0 Å². The van der Waals surface area contributed by atoms with Gasteiger partial charge in [0, 0.05) is 0 Å². The average Bonchev–Trinajstić information content (AvgIpc) is 0. The van der Waals surface area contributed by atoms with Crippen molar-refractivity contribution in [2.45, 2.75) is 0 Å². The third-order valence-electron chi connectivity index (χ3n) is 0. The van der Waals surface area contributed by atoms with Gasteiger partial charge < -0.3 is 21.9 Å². The Morgan fingerprint density at radius 1 is 0.500 bits per heavy atom. The van der Waals surface area contributed by atoms with E-state index in [1.807, 2.05) is 0 Å². The van der Waals surface area contributed by atoms with Crippen molar-refractivity contribution in [3.63, 3.8) is 0 Å². The van der Waals surface area contributed by atoms with Gasteiger partial charge in [0.2, 0.25) is 0 Å². The first-order valence-corrected chi connectivity index (χ1v) is 0. The van der Waals surface area contributed by atoms with Crippen molar-refractivity contribution in [2.24, 2.45) is 0 Å². The molecule has 0 radical (unpaired) electrons. The Hall–Kier alpha value is 1.37. The molecule has 0 saturated carbocycles. The van der Waals surface area contributed by atoms with E-state index in [-0.39, 0.29) is 68.8 Å². The van der Waals surface area contributed by atoms with Crippen LogP contribution < -0.4 is 29.6 Å². The molecule has 4 nitrogen and oxygen atoms in total. The fourth-order valence-electron chi connectivity index (χ4n) is 0. The third-order valence-corrected chi connectivity index (χ3v) is 0. The maximum absolute atomic E-state index is 0. The summed E-state index contributed by atoms with van der Waals surface area (Å²) in [4.78, 5) is 0. The topological polar surface area (TPSA) is 120 Å². The fraction of sp³-hybridized carbons (Fsp3) is 0. The smallest absolute Gasteiger partial charge is 0.870 e. The molecule has 0 aliphatic rings. The first-order chi connectivity index (χ1) is 0. The molecular weight excluding hydrogens is 114 g/mol. The molecule has 0 rings (SSSR count). The van der Waals surface area contributed by atoms with Gasteiger partial charge in [-0.15, -0.1) is 0 Å². The molecule has 0 amide bonds. The normalized spacial score (nSPS) is 0. The van der Waals surface area contributed by atoms with Crippen LogP contribution in [0.15, 0.2) is 0 Å². The molecule has 0 aromatic heterocycles. The summed E-state index contributed by atoms with van der Waals surface area (Å²) in [6.07, 6.45) is 0. The molecule has 0 atom stereocenters. The largest absolute Gasteiger partial charge is 3.00 e. The van der Waals surface area contributed by atoms with E-state index in [1.165, 1.54) is 0 Å². The minimum absolute atomic E-state index is 0. The standard InChI is InChI=1S/Al.Na.4H2O/h;;4*1H2/q+3;+1;;;;/p-4. The second kappa shape index (κ2) is 97.6. The maximum Gasteiger partial charge on any atom is 3.00 e. The van der Waals surface area contributed by atoms with Gasteiger partial charge in [0.05, 0.1) is 0 Å². The predicted molar refractivity (Wildman–Crippen MR) is 13.5 cm³/mol. The molecule has 6 heteroatoms. The summed E-state index contributed by atoms with van der Waals surface area (Å²) in [6, 6.07) is 0. The van der Waals surface area contributed by atoms with Crippen molar-refractivity contribution in [1.82, 2.24) is 0 Å². The molecule has 4 N–H and O–H groups in total. The van der Waals surface area contributed by atoms with Crippen LogP contribution >= 0.6 is 0 Å². The third kappa shape index (κ3) is 54.5. The van der Waals surface area contributed by atoms with E-state index in [2.05, 4.69) is 0 Å². The van der Waals surface area contributed by atoms with Gasteiger partial charge in [0.1, 0.15) is 0 Å². The molecule has 0 aromatic rings. The monoisotopic (exact) mass is 118 g/mol. The summed E-state index contributed by atoms with van der Waals surface area (Å²) in [5.41, 5.74) is 0.